The summed E-state index contributed by atoms with van der Waals surface area (Å²) >= 11 is 0. The lowest BCUT2D eigenvalue weighted by atomic mass is 9.99. The second-order valence-electron chi connectivity index (χ2n) is 5.57. The number of likely N-dealkylation sites (tertiary alicyclic amines) is 1. The van der Waals surface area contributed by atoms with E-state index in [1.807, 2.05) is 0 Å². The number of nitrogens with zero attached hydrogens (tertiary/aromatic N) is 2. The lowest BCUT2D eigenvalue weighted by Gasteiger charge is -2.47. The van der Waals surface area contributed by atoms with Crippen molar-refractivity contribution in [2.24, 2.45) is 0 Å². The van der Waals surface area contributed by atoms with Gasteiger partial charge in [0.25, 0.3) is 5.69 Å². The van der Waals surface area contributed by atoms with Gasteiger partial charge in [-0.3, -0.25) is 15.0 Å². The molecule has 1 aliphatic rings. The van der Waals surface area contributed by atoms with E-state index in [1.54, 1.807) is 12.1 Å². The summed E-state index contributed by atoms with van der Waals surface area (Å²) in [5, 5.41) is 10.5. The van der Waals surface area contributed by atoms with Crippen LogP contribution in [0.15, 0.2) is 24.3 Å². The average Bonchev–Trinajstić information content (AvgIpc) is 2.21. The Bertz CT molecular complexity index is 431. The third-order valence-corrected chi connectivity index (χ3v) is 3.15. The molecule has 1 heterocycles. The smallest absolute Gasteiger partial charge is 0.269 e. The van der Waals surface area contributed by atoms with Crippen molar-refractivity contribution in [2.45, 2.75) is 32.4 Å². The number of nitro groups is 1. The van der Waals surface area contributed by atoms with Gasteiger partial charge >= 0.3 is 0 Å². The molecule has 0 N–H and O–H groups in total. The van der Waals surface area contributed by atoms with Gasteiger partial charge in [0.05, 0.1) is 4.92 Å². The molecule has 5 nitrogen and oxygen atoms in total. The molecule has 0 aromatic heterocycles. The number of non-ortho nitro benzene ring substituents is 1. The zero-order valence-corrected chi connectivity index (χ0v) is 10.9. The summed E-state index contributed by atoms with van der Waals surface area (Å²) < 4.78 is 5.75. The molecule has 1 aliphatic heterocycles. The maximum atomic E-state index is 10.5. The second kappa shape index (κ2) is 4.57. The summed E-state index contributed by atoms with van der Waals surface area (Å²) in [4.78, 5) is 12.4. The molecular weight excluding hydrogens is 232 g/mol. The van der Waals surface area contributed by atoms with Gasteiger partial charge < -0.3 is 4.74 Å². The van der Waals surface area contributed by atoms with Gasteiger partial charge in [0.2, 0.25) is 0 Å². The van der Waals surface area contributed by atoms with Gasteiger partial charge in [-0.1, -0.05) is 0 Å². The lowest BCUT2D eigenvalue weighted by molar-refractivity contribution is -0.384. The minimum Gasteiger partial charge on any atom is -0.488 e. The highest BCUT2D eigenvalue weighted by atomic mass is 16.6. The van der Waals surface area contributed by atoms with E-state index < -0.39 is 4.92 Å². The molecule has 0 unspecified atom stereocenters. The van der Waals surface area contributed by atoms with Gasteiger partial charge in [0.15, 0.2) is 0 Å². The van der Waals surface area contributed by atoms with Gasteiger partial charge in [-0.25, -0.2) is 0 Å². The first-order valence-electron chi connectivity index (χ1n) is 6.02. The fourth-order valence-electron chi connectivity index (χ4n) is 1.90. The molecular formula is C13H18N2O3. The Morgan fingerprint density at radius 1 is 1.28 bits per heavy atom. The van der Waals surface area contributed by atoms with E-state index in [9.17, 15) is 10.1 Å². The Hall–Kier alpha value is -1.62. The molecule has 98 valence electrons. The third-order valence-electron chi connectivity index (χ3n) is 3.15. The Morgan fingerprint density at radius 3 is 2.28 bits per heavy atom. The van der Waals surface area contributed by atoms with Gasteiger partial charge in [-0.2, -0.15) is 0 Å². The fourth-order valence-corrected chi connectivity index (χ4v) is 1.90. The maximum Gasteiger partial charge on any atom is 0.269 e. The van der Waals surface area contributed by atoms with E-state index in [2.05, 4.69) is 25.7 Å². The highest BCUT2D eigenvalue weighted by molar-refractivity contribution is 5.36. The predicted molar refractivity (Wildman–Crippen MR) is 68.8 cm³/mol. The van der Waals surface area contributed by atoms with Crippen LogP contribution in [0.25, 0.3) is 0 Å². The van der Waals surface area contributed by atoms with Crippen molar-refractivity contribution in [3.8, 4) is 5.75 Å². The molecule has 1 fully saturated rings. The normalized spacial score (nSPS) is 17.3. The molecule has 0 atom stereocenters. The van der Waals surface area contributed by atoms with Crippen molar-refractivity contribution >= 4 is 5.69 Å². The first-order chi connectivity index (χ1) is 8.36. The molecule has 0 amide bonds. The van der Waals surface area contributed by atoms with Crippen molar-refractivity contribution in [3.05, 3.63) is 34.4 Å². The standard InChI is InChI=1S/C13H18N2O3/c1-13(2,3)14-8-12(9-14)18-11-6-4-10(5-7-11)15(16)17/h4-7,12H,8-9H2,1-3H3. The van der Waals surface area contributed by atoms with Crippen LogP contribution in [0.5, 0.6) is 5.75 Å². The number of hydrogen-bond acceptors (Lipinski definition) is 4. The van der Waals surface area contributed by atoms with Crippen LogP contribution in [-0.4, -0.2) is 34.6 Å². The summed E-state index contributed by atoms with van der Waals surface area (Å²) in [6.45, 7) is 8.33. The van der Waals surface area contributed by atoms with Crippen molar-refractivity contribution in [3.63, 3.8) is 0 Å². The van der Waals surface area contributed by atoms with Crippen LogP contribution in [0.4, 0.5) is 5.69 Å². The van der Waals surface area contributed by atoms with Crippen molar-refractivity contribution in [1.82, 2.24) is 4.90 Å². The Kier molecular flexibility index (Phi) is 3.26. The van der Waals surface area contributed by atoms with Crippen LogP contribution in [0, 0.1) is 10.1 Å². The lowest BCUT2D eigenvalue weighted by Crippen LogP contribution is -2.60. The SMILES string of the molecule is CC(C)(C)N1CC(Oc2ccc([N+](=O)[O-])cc2)C1. The van der Waals surface area contributed by atoms with Gasteiger partial charge in [0, 0.05) is 30.8 Å². The first kappa shape index (κ1) is 12.8. The number of hydrogen-bond donors (Lipinski definition) is 0. The van der Waals surface area contributed by atoms with Gasteiger partial charge in [0.1, 0.15) is 11.9 Å². The van der Waals surface area contributed by atoms with E-state index in [0.29, 0.717) is 5.75 Å². The molecule has 0 saturated carbocycles. The van der Waals surface area contributed by atoms with Crippen LogP contribution in [-0.2, 0) is 0 Å². The summed E-state index contributed by atoms with van der Waals surface area (Å²) in [6, 6.07) is 6.24. The predicted octanol–water partition coefficient (Wildman–Crippen LogP) is 2.46. The molecule has 0 aliphatic carbocycles. The molecule has 1 saturated heterocycles. The maximum absolute atomic E-state index is 10.5. The van der Waals surface area contributed by atoms with Crippen molar-refractivity contribution in [1.29, 1.82) is 0 Å². The monoisotopic (exact) mass is 250 g/mol. The van der Waals surface area contributed by atoms with Crippen LogP contribution in [0.3, 0.4) is 0 Å². The summed E-state index contributed by atoms with van der Waals surface area (Å²) in [7, 11) is 0. The molecule has 18 heavy (non-hydrogen) atoms. The zero-order valence-electron chi connectivity index (χ0n) is 10.9. The molecule has 2 rings (SSSR count). The van der Waals surface area contributed by atoms with E-state index >= 15 is 0 Å². The largest absolute Gasteiger partial charge is 0.488 e. The molecule has 5 heteroatoms. The van der Waals surface area contributed by atoms with E-state index in [1.165, 1.54) is 12.1 Å². The fraction of sp³-hybridized carbons (Fsp3) is 0.538. The van der Waals surface area contributed by atoms with Crippen LogP contribution in [0.1, 0.15) is 20.8 Å². The van der Waals surface area contributed by atoms with Gasteiger partial charge in [-0.05, 0) is 32.9 Å². The van der Waals surface area contributed by atoms with Crippen LogP contribution in [0.2, 0.25) is 0 Å². The third kappa shape index (κ3) is 2.79. The molecule has 0 spiro atoms. The Morgan fingerprint density at radius 2 is 1.83 bits per heavy atom. The zero-order chi connectivity index (χ0) is 13.3. The molecule has 0 radical (unpaired) electrons. The number of ether oxygens (including phenoxy) is 1. The molecule has 1 aromatic carbocycles. The van der Waals surface area contributed by atoms with Crippen molar-refractivity contribution < 1.29 is 9.66 Å². The minimum atomic E-state index is -0.408. The topological polar surface area (TPSA) is 55.6 Å². The number of nitro benzene ring substituents is 1. The Labute approximate surface area is 107 Å². The highest BCUT2D eigenvalue weighted by Crippen LogP contribution is 2.25. The highest BCUT2D eigenvalue weighted by Gasteiger charge is 2.35. The van der Waals surface area contributed by atoms with E-state index in [-0.39, 0.29) is 17.3 Å². The first-order valence-corrected chi connectivity index (χ1v) is 6.02. The van der Waals surface area contributed by atoms with E-state index in [4.69, 9.17) is 4.74 Å². The average molecular weight is 250 g/mol. The number of rotatable bonds is 3. The van der Waals surface area contributed by atoms with Crippen LogP contribution < -0.4 is 4.74 Å². The summed E-state index contributed by atoms with van der Waals surface area (Å²) in [5.41, 5.74) is 0.266. The quantitative estimate of drug-likeness (QED) is 0.610. The van der Waals surface area contributed by atoms with Crippen molar-refractivity contribution in [2.75, 3.05) is 13.1 Å². The van der Waals surface area contributed by atoms with Gasteiger partial charge in [-0.15, -0.1) is 0 Å². The second-order valence-corrected chi connectivity index (χ2v) is 5.57. The molecule has 0 bridgehead atoms. The van der Waals surface area contributed by atoms with E-state index in [0.717, 1.165) is 13.1 Å². The number of benzene rings is 1. The molecule has 1 aromatic rings. The van der Waals surface area contributed by atoms with Crippen LogP contribution >= 0.6 is 0 Å². The Balaban J connectivity index is 1.87. The minimum absolute atomic E-state index is 0.0901. The summed E-state index contributed by atoms with van der Waals surface area (Å²) in [5.74, 6) is 0.694. The summed E-state index contributed by atoms with van der Waals surface area (Å²) in [6.07, 6.45) is 0.186.